The van der Waals surface area contributed by atoms with Crippen molar-refractivity contribution >= 4 is 34.6 Å². The lowest BCUT2D eigenvalue weighted by Crippen LogP contribution is -2.56. The number of piperidine rings is 1. The van der Waals surface area contributed by atoms with Gasteiger partial charge in [-0.25, -0.2) is 15.0 Å². The van der Waals surface area contributed by atoms with Crippen molar-refractivity contribution in [3.8, 4) is 18.1 Å². The summed E-state index contributed by atoms with van der Waals surface area (Å²) in [6.07, 6.45) is 15.6. The van der Waals surface area contributed by atoms with E-state index in [4.69, 9.17) is 16.0 Å². The second-order valence-corrected chi connectivity index (χ2v) is 13.3. The average Bonchev–Trinajstić information content (AvgIpc) is 3.62. The Bertz CT molecular complexity index is 1690. The fourth-order valence-corrected chi connectivity index (χ4v) is 7.58. The Morgan fingerprint density at radius 3 is 2.41 bits per heavy atom. The predicted octanol–water partition coefficient (Wildman–Crippen LogP) is 5.36. The van der Waals surface area contributed by atoms with Crippen LogP contribution in [0.2, 0.25) is 0 Å². The Morgan fingerprint density at radius 1 is 0.980 bits per heavy atom. The molecule has 1 amide bonds. The molecule has 7 rings (SSSR count). The topological polar surface area (TPSA) is 98.3 Å². The van der Waals surface area contributed by atoms with Gasteiger partial charge in [-0.2, -0.15) is 0 Å². The molecule has 2 N–H and O–H groups in total. The number of rotatable bonds is 10. The molecule has 1 aromatic heterocycles. The summed E-state index contributed by atoms with van der Waals surface area (Å²) in [5.74, 6) is 4.26. The zero-order valence-electron chi connectivity index (χ0n) is 28.3. The number of hydroxylamine groups is 1. The number of benzene rings is 2. The number of carbonyl (C=O) groups excluding carboxylic acids is 1. The van der Waals surface area contributed by atoms with E-state index in [-0.39, 0.29) is 11.9 Å². The molecular formula is C38H46N8O3. The van der Waals surface area contributed by atoms with E-state index in [2.05, 4.69) is 53.9 Å². The third-order valence-corrected chi connectivity index (χ3v) is 10.5. The van der Waals surface area contributed by atoms with Crippen LogP contribution in [0.1, 0.15) is 55.7 Å². The van der Waals surface area contributed by atoms with E-state index in [1.807, 2.05) is 41.5 Å². The first-order chi connectivity index (χ1) is 24.0. The normalized spacial score (nSPS) is 20.8. The van der Waals surface area contributed by atoms with Gasteiger partial charge in [0.25, 0.3) is 0 Å². The summed E-state index contributed by atoms with van der Waals surface area (Å²) in [6, 6.07) is 15.1. The largest absolute Gasteiger partial charge is 0.494 e. The summed E-state index contributed by atoms with van der Waals surface area (Å²) in [7, 11) is 1.65. The number of carbonyl (C=O) groups is 1. The molecule has 4 heterocycles. The molecule has 256 valence electrons. The first-order valence-electron chi connectivity index (χ1n) is 17.5. The van der Waals surface area contributed by atoms with Crippen LogP contribution in [0.3, 0.4) is 0 Å². The van der Waals surface area contributed by atoms with Crippen LogP contribution >= 0.6 is 0 Å². The highest BCUT2D eigenvalue weighted by atomic mass is 16.7. The van der Waals surface area contributed by atoms with Gasteiger partial charge in [0.1, 0.15) is 17.9 Å². The molecule has 11 heteroatoms. The van der Waals surface area contributed by atoms with Crippen LogP contribution in [0.5, 0.6) is 5.75 Å². The molecule has 0 radical (unpaired) electrons. The van der Waals surface area contributed by atoms with Crippen molar-refractivity contribution in [3.63, 3.8) is 0 Å². The third-order valence-electron chi connectivity index (χ3n) is 10.5. The monoisotopic (exact) mass is 662 g/mol. The molecule has 11 nitrogen and oxygen atoms in total. The van der Waals surface area contributed by atoms with Gasteiger partial charge < -0.3 is 20.3 Å². The Kier molecular flexibility index (Phi) is 9.98. The SMILES string of the molecule is C#Cc1cccc([C@H]2CCON2c2cc(Nc3cc(NC(=O)C=C)c(N4CCC(N5CCN(C6CCC6)CC5)CC4)cc3OC)ncn2)c1. The van der Waals surface area contributed by atoms with E-state index in [0.717, 1.165) is 68.3 Å². The van der Waals surface area contributed by atoms with E-state index in [1.165, 1.54) is 44.8 Å². The summed E-state index contributed by atoms with van der Waals surface area (Å²) < 4.78 is 5.89. The van der Waals surface area contributed by atoms with E-state index in [0.29, 0.717) is 41.4 Å². The molecule has 0 spiro atoms. The Balaban J connectivity index is 1.07. The fraction of sp³-hybridized carbons (Fsp3) is 0.447. The van der Waals surface area contributed by atoms with Crippen LogP contribution in [0.15, 0.2) is 61.4 Å². The number of aromatic nitrogens is 2. The molecule has 0 unspecified atom stereocenters. The van der Waals surface area contributed by atoms with Crippen LogP contribution in [-0.2, 0) is 9.63 Å². The Hall–Kier alpha value is -4.63. The van der Waals surface area contributed by atoms with Crippen LogP contribution in [0.4, 0.5) is 28.7 Å². The first kappa shape index (κ1) is 32.9. The lowest BCUT2D eigenvalue weighted by atomic mass is 9.91. The molecule has 3 aromatic rings. The van der Waals surface area contributed by atoms with E-state index in [9.17, 15) is 4.79 Å². The van der Waals surface area contributed by atoms with Crippen LogP contribution < -0.4 is 25.3 Å². The summed E-state index contributed by atoms with van der Waals surface area (Å²) in [6.45, 7) is 10.7. The summed E-state index contributed by atoms with van der Waals surface area (Å²) in [5.41, 5.74) is 4.17. The van der Waals surface area contributed by atoms with Crippen molar-refractivity contribution < 1.29 is 14.4 Å². The first-order valence-corrected chi connectivity index (χ1v) is 17.5. The maximum Gasteiger partial charge on any atom is 0.247 e. The van der Waals surface area contributed by atoms with Gasteiger partial charge in [-0.15, -0.1) is 6.42 Å². The molecular weight excluding hydrogens is 616 g/mol. The van der Waals surface area contributed by atoms with E-state index in [1.54, 1.807) is 7.11 Å². The van der Waals surface area contributed by atoms with Crippen LogP contribution in [-0.4, -0.2) is 90.7 Å². The van der Waals surface area contributed by atoms with Gasteiger partial charge in [-0.3, -0.25) is 19.4 Å². The molecule has 49 heavy (non-hydrogen) atoms. The minimum atomic E-state index is -0.271. The molecule has 1 saturated carbocycles. The number of piperazine rings is 1. The lowest BCUT2D eigenvalue weighted by molar-refractivity contribution is -0.111. The Labute approximate surface area is 289 Å². The average molecular weight is 663 g/mol. The fourth-order valence-electron chi connectivity index (χ4n) is 7.58. The van der Waals surface area contributed by atoms with E-state index < -0.39 is 0 Å². The summed E-state index contributed by atoms with van der Waals surface area (Å²) in [5, 5.41) is 8.26. The zero-order valence-corrected chi connectivity index (χ0v) is 28.3. The second-order valence-electron chi connectivity index (χ2n) is 13.3. The third kappa shape index (κ3) is 7.22. The summed E-state index contributed by atoms with van der Waals surface area (Å²) >= 11 is 0. The van der Waals surface area contributed by atoms with Gasteiger partial charge in [0.05, 0.1) is 36.8 Å². The van der Waals surface area contributed by atoms with Gasteiger partial charge in [0.15, 0.2) is 5.82 Å². The van der Waals surface area contributed by atoms with Crippen molar-refractivity contribution in [1.82, 2.24) is 19.8 Å². The van der Waals surface area contributed by atoms with Gasteiger partial charge in [0.2, 0.25) is 5.91 Å². The molecule has 1 aliphatic carbocycles. The number of methoxy groups -OCH3 is 1. The highest BCUT2D eigenvalue weighted by molar-refractivity contribution is 6.02. The molecule has 3 aliphatic heterocycles. The number of ether oxygens (including phenoxy) is 1. The van der Waals surface area contributed by atoms with Gasteiger partial charge in [-0.1, -0.05) is 31.1 Å². The van der Waals surface area contributed by atoms with Crippen LogP contribution in [0, 0.1) is 12.3 Å². The molecule has 2 aromatic carbocycles. The number of nitrogens with one attached hydrogen (secondary N) is 2. The smallest absolute Gasteiger partial charge is 0.247 e. The molecule has 4 aliphatic rings. The maximum atomic E-state index is 12.6. The summed E-state index contributed by atoms with van der Waals surface area (Å²) in [4.78, 5) is 35.4. The van der Waals surface area contributed by atoms with E-state index >= 15 is 0 Å². The second kappa shape index (κ2) is 14.9. The molecule has 3 saturated heterocycles. The number of amides is 1. The quantitative estimate of drug-likeness (QED) is 0.218. The number of hydrogen-bond acceptors (Lipinski definition) is 10. The highest BCUT2D eigenvalue weighted by Gasteiger charge is 2.33. The molecule has 0 bridgehead atoms. The number of hydrogen-bond donors (Lipinski definition) is 2. The van der Waals surface area contributed by atoms with Gasteiger partial charge in [-0.05, 0) is 55.5 Å². The maximum absolute atomic E-state index is 12.6. The van der Waals surface area contributed by atoms with Gasteiger partial charge in [0, 0.05) is 75.5 Å². The van der Waals surface area contributed by atoms with Crippen molar-refractivity contribution in [2.24, 2.45) is 0 Å². The standard InChI is InChI=1S/C38H46N8O3/c1-4-27-8-6-9-28(22-27)33-14-21-49-46(33)37-25-36(39-26-40-37)41-32-23-31(42-38(47)5-2)34(24-35(32)48-3)45-15-12-30(13-16-45)44-19-17-43(18-20-44)29-10-7-11-29/h1,5-6,8-9,22-26,29-30,33H,2,7,10-21H2,3H3,(H,42,47)(H,39,40,41)/t33-/m1/s1. The number of nitrogens with zero attached hydrogens (tertiary/aromatic N) is 6. The van der Waals surface area contributed by atoms with Crippen molar-refractivity contribution in [2.45, 2.75) is 56.7 Å². The van der Waals surface area contributed by atoms with Crippen molar-refractivity contribution in [2.75, 3.05) is 73.6 Å². The number of terminal acetylenes is 1. The lowest BCUT2D eigenvalue weighted by Gasteiger charge is -2.46. The Morgan fingerprint density at radius 2 is 1.73 bits per heavy atom. The number of anilines is 5. The van der Waals surface area contributed by atoms with Gasteiger partial charge >= 0.3 is 0 Å². The van der Waals surface area contributed by atoms with Crippen molar-refractivity contribution in [3.05, 3.63) is 72.6 Å². The van der Waals surface area contributed by atoms with Crippen molar-refractivity contribution in [1.29, 1.82) is 0 Å². The minimum absolute atomic E-state index is 0.0355. The predicted molar refractivity (Wildman–Crippen MR) is 193 cm³/mol. The molecule has 1 atom stereocenters. The minimum Gasteiger partial charge on any atom is -0.494 e. The zero-order chi connectivity index (χ0) is 33.7. The molecule has 4 fully saturated rings. The van der Waals surface area contributed by atoms with Crippen LogP contribution in [0.25, 0.3) is 0 Å². The highest BCUT2D eigenvalue weighted by Crippen LogP contribution is 2.41.